The van der Waals surface area contributed by atoms with Crippen LogP contribution in [0.5, 0.6) is 0 Å². The summed E-state index contributed by atoms with van der Waals surface area (Å²) in [4.78, 5) is 11.8. The fraction of sp³-hybridized carbons (Fsp3) is 0.357. The Morgan fingerprint density at radius 3 is 2.80 bits per heavy atom. The van der Waals surface area contributed by atoms with Gasteiger partial charge in [0, 0.05) is 0 Å². The number of nitrogens with one attached hydrogen (secondary N) is 3. The second-order valence-corrected chi connectivity index (χ2v) is 7.73. The Hall–Kier alpha value is -1.98. The largest absolute Gasteiger partial charge is 0.349 e. The first-order chi connectivity index (χ1) is 11.9. The minimum Gasteiger partial charge on any atom is -0.349 e. The van der Waals surface area contributed by atoms with Gasteiger partial charge in [-0.15, -0.1) is 0 Å². The second-order valence-electron chi connectivity index (χ2n) is 5.06. The molecule has 2 rings (SSSR count). The standard InChI is InChI=1S/C14H18FN5O3S2/c1-24-7-6-12(14(21)16-8-10-9-17-20-18-10)19-25(22,23)13-5-3-2-4-11(13)15/h2-5,9,12,19H,6-8H2,1H3,(H,16,21)(H,17,18,20). The zero-order valence-electron chi connectivity index (χ0n) is 13.4. The Bertz CT molecular complexity index is 799. The predicted octanol–water partition coefficient (Wildman–Crippen LogP) is 0.660. The van der Waals surface area contributed by atoms with Crippen LogP contribution in [0.15, 0.2) is 35.4 Å². The Balaban J connectivity index is 2.10. The molecule has 0 saturated heterocycles. The maximum Gasteiger partial charge on any atom is 0.244 e. The smallest absolute Gasteiger partial charge is 0.244 e. The normalized spacial score (nSPS) is 12.7. The molecule has 0 saturated carbocycles. The zero-order chi connectivity index (χ0) is 18.3. The highest BCUT2D eigenvalue weighted by atomic mass is 32.2. The predicted molar refractivity (Wildman–Crippen MR) is 91.7 cm³/mol. The number of amides is 1. The molecule has 25 heavy (non-hydrogen) atoms. The fourth-order valence-electron chi connectivity index (χ4n) is 2.00. The van der Waals surface area contributed by atoms with E-state index < -0.39 is 32.7 Å². The molecule has 2 aromatic rings. The van der Waals surface area contributed by atoms with Crippen LogP contribution in [0.2, 0.25) is 0 Å². The monoisotopic (exact) mass is 387 g/mol. The van der Waals surface area contributed by atoms with Gasteiger partial charge in [0.25, 0.3) is 0 Å². The van der Waals surface area contributed by atoms with E-state index in [1.165, 1.54) is 30.1 Å². The lowest BCUT2D eigenvalue weighted by Gasteiger charge is -2.18. The number of hydrogen-bond acceptors (Lipinski definition) is 6. The zero-order valence-corrected chi connectivity index (χ0v) is 15.0. The van der Waals surface area contributed by atoms with E-state index in [4.69, 9.17) is 0 Å². The van der Waals surface area contributed by atoms with E-state index in [0.29, 0.717) is 11.4 Å². The number of aromatic amines is 1. The number of aromatic nitrogens is 3. The van der Waals surface area contributed by atoms with Crippen molar-refractivity contribution in [3.05, 3.63) is 42.0 Å². The summed E-state index contributed by atoms with van der Waals surface area (Å²) >= 11 is 1.47. The highest BCUT2D eigenvalue weighted by molar-refractivity contribution is 7.98. The molecule has 1 amide bonds. The average Bonchev–Trinajstić information content (AvgIpc) is 3.10. The molecule has 3 N–H and O–H groups in total. The molecular weight excluding hydrogens is 369 g/mol. The highest BCUT2D eigenvalue weighted by Gasteiger charge is 2.27. The van der Waals surface area contributed by atoms with Crippen LogP contribution in [0.25, 0.3) is 0 Å². The lowest BCUT2D eigenvalue weighted by Crippen LogP contribution is -2.47. The van der Waals surface area contributed by atoms with Crippen molar-refractivity contribution >= 4 is 27.7 Å². The van der Waals surface area contributed by atoms with E-state index in [0.717, 1.165) is 12.1 Å². The third kappa shape index (κ3) is 5.51. The van der Waals surface area contributed by atoms with Gasteiger partial charge >= 0.3 is 0 Å². The third-order valence-electron chi connectivity index (χ3n) is 3.26. The van der Waals surface area contributed by atoms with Crippen LogP contribution < -0.4 is 10.0 Å². The highest BCUT2D eigenvalue weighted by Crippen LogP contribution is 2.15. The number of carbonyl (C=O) groups is 1. The summed E-state index contributed by atoms with van der Waals surface area (Å²) in [5, 5.41) is 12.4. The number of halogens is 1. The van der Waals surface area contributed by atoms with E-state index in [1.54, 1.807) is 0 Å². The minimum absolute atomic E-state index is 0.104. The van der Waals surface area contributed by atoms with Crippen molar-refractivity contribution in [3.8, 4) is 0 Å². The lowest BCUT2D eigenvalue weighted by atomic mass is 10.2. The number of sulfonamides is 1. The summed E-state index contributed by atoms with van der Waals surface area (Å²) in [5.41, 5.74) is 0.508. The Labute approximate surface area is 149 Å². The van der Waals surface area contributed by atoms with Crippen LogP contribution >= 0.6 is 11.8 Å². The molecule has 1 aromatic carbocycles. The Morgan fingerprint density at radius 1 is 1.40 bits per heavy atom. The number of thioether (sulfide) groups is 1. The number of H-pyrrole nitrogens is 1. The van der Waals surface area contributed by atoms with Crippen LogP contribution in [0.4, 0.5) is 4.39 Å². The lowest BCUT2D eigenvalue weighted by molar-refractivity contribution is -0.122. The number of rotatable bonds is 9. The van der Waals surface area contributed by atoms with Crippen LogP contribution in [0.3, 0.4) is 0 Å². The van der Waals surface area contributed by atoms with Crippen molar-refractivity contribution in [1.29, 1.82) is 0 Å². The summed E-state index contributed by atoms with van der Waals surface area (Å²) in [6.45, 7) is 0.104. The first kappa shape index (κ1) is 19.3. The molecule has 0 radical (unpaired) electrons. The van der Waals surface area contributed by atoms with E-state index >= 15 is 0 Å². The molecule has 1 heterocycles. The van der Waals surface area contributed by atoms with E-state index in [9.17, 15) is 17.6 Å². The summed E-state index contributed by atoms with van der Waals surface area (Å²) < 4.78 is 40.9. The number of hydrogen-bond donors (Lipinski definition) is 3. The molecule has 0 aliphatic rings. The Kier molecular flexibility index (Phi) is 6.91. The number of benzene rings is 1. The molecule has 0 aliphatic heterocycles. The van der Waals surface area contributed by atoms with Gasteiger partial charge in [0.1, 0.15) is 22.4 Å². The summed E-state index contributed by atoms with van der Waals surface area (Å²) in [6.07, 6.45) is 3.55. The van der Waals surface area contributed by atoms with Crippen molar-refractivity contribution < 1.29 is 17.6 Å². The molecule has 1 aromatic heterocycles. The van der Waals surface area contributed by atoms with Crippen LogP contribution in [0, 0.1) is 5.82 Å². The molecule has 11 heteroatoms. The van der Waals surface area contributed by atoms with Crippen molar-refractivity contribution in [2.45, 2.75) is 23.9 Å². The van der Waals surface area contributed by atoms with Crippen LogP contribution in [-0.2, 0) is 21.4 Å². The first-order valence-corrected chi connectivity index (χ1v) is 10.2. The quantitative estimate of drug-likeness (QED) is 0.582. The van der Waals surface area contributed by atoms with Gasteiger partial charge in [-0.3, -0.25) is 4.79 Å². The van der Waals surface area contributed by atoms with E-state index in [1.807, 2.05) is 6.26 Å². The van der Waals surface area contributed by atoms with E-state index in [-0.39, 0.29) is 13.0 Å². The average molecular weight is 387 g/mol. The molecule has 0 aliphatic carbocycles. The SMILES string of the molecule is CSCCC(NS(=O)(=O)c1ccccc1F)C(=O)NCc1cn[nH]n1. The van der Waals surface area contributed by atoms with Gasteiger partial charge in [0.05, 0.1) is 12.7 Å². The first-order valence-electron chi connectivity index (χ1n) is 7.32. The van der Waals surface area contributed by atoms with Crippen molar-refractivity contribution in [2.24, 2.45) is 0 Å². The second kappa shape index (κ2) is 8.92. The number of nitrogens with zero attached hydrogens (tertiary/aromatic N) is 2. The van der Waals surface area contributed by atoms with Gasteiger partial charge in [-0.2, -0.15) is 31.9 Å². The molecule has 0 spiro atoms. The molecule has 1 unspecified atom stereocenters. The van der Waals surface area contributed by atoms with Crippen molar-refractivity contribution in [2.75, 3.05) is 12.0 Å². The van der Waals surface area contributed by atoms with Crippen molar-refractivity contribution in [3.63, 3.8) is 0 Å². The molecular formula is C14H18FN5O3S2. The topological polar surface area (TPSA) is 117 Å². The maximum absolute atomic E-state index is 13.8. The molecule has 136 valence electrons. The molecule has 1 atom stereocenters. The Morgan fingerprint density at radius 2 is 2.16 bits per heavy atom. The summed E-state index contributed by atoms with van der Waals surface area (Å²) in [6, 6.07) is 3.99. The third-order valence-corrected chi connectivity index (χ3v) is 5.41. The summed E-state index contributed by atoms with van der Waals surface area (Å²) in [5.74, 6) is -0.833. The summed E-state index contributed by atoms with van der Waals surface area (Å²) in [7, 11) is -4.17. The van der Waals surface area contributed by atoms with Gasteiger partial charge < -0.3 is 5.32 Å². The number of carbonyl (C=O) groups excluding carboxylic acids is 1. The van der Waals surface area contributed by atoms with Gasteiger partial charge in [-0.05, 0) is 30.6 Å². The molecule has 0 bridgehead atoms. The minimum atomic E-state index is -4.17. The maximum atomic E-state index is 13.8. The molecule has 8 nitrogen and oxygen atoms in total. The van der Waals surface area contributed by atoms with Crippen LogP contribution in [0.1, 0.15) is 12.1 Å². The van der Waals surface area contributed by atoms with Gasteiger partial charge in [-0.25, -0.2) is 12.8 Å². The van der Waals surface area contributed by atoms with Gasteiger partial charge in [0.2, 0.25) is 15.9 Å². The fourth-order valence-corrected chi connectivity index (χ4v) is 3.78. The van der Waals surface area contributed by atoms with Gasteiger partial charge in [0.15, 0.2) is 0 Å². The van der Waals surface area contributed by atoms with Gasteiger partial charge in [-0.1, -0.05) is 12.1 Å². The van der Waals surface area contributed by atoms with Crippen molar-refractivity contribution in [1.82, 2.24) is 25.4 Å². The van der Waals surface area contributed by atoms with Crippen LogP contribution in [-0.4, -0.2) is 47.8 Å². The molecule has 0 fully saturated rings. The van der Waals surface area contributed by atoms with E-state index in [2.05, 4.69) is 25.4 Å².